The van der Waals surface area contributed by atoms with Gasteiger partial charge in [0.25, 0.3) is 0 Å². The summed E-state index contributed by atoms with van der Waals surface area (Å²) in [5, 5.41) is 0. The van der Waals surface area contributed by atoms with E-state index < -0.39 is 11.0 Å². The molecule has 1 atom stereocenters. The molecule has 3 heteroatoms. The van der Waals surface area contributed by atoms with Crippen molar-refractivity contribution in [3.8, 4) is 0 Å². The van der Waals surface area contributed by atoms with Gasteiger partial charge in [-0.3, -0.25) is 0 Å². The van der Waals surface area contributed by atoms with Gasteiger partial charge < -0.3 is 0 Å². The van der Waals surface area contributed by atoms with E-state index in [2.05, 4.69) is 18.6 Å². The minimum absolute atomic E-state index is 0.521. The summed E-state index contributed by atoms with van der Waals surface area (Å²) in [6.45, 7) is 4.96. The molecule has 0 aliphatic rings. The molecule has 0 amide bonds. The highest BCUT2D eigenvalue weighted by molar-refractivity contribution is 7.83. The normalized spacial score (nSPS) is 13.2. The van der Waals surface area contributed by atoms with E-state index in [0.717, 1.165) is 11.4 Å². The zero-order chi connectivity index (χ0) is 9.68. The third-order valence-corrected chi connectivity index (χ3v) is 2.71. The Hall–Kier alpha value is -0.670. The molecule has 0 spiro atoms. The molecule has 0 bridgehead atoms. The highest BCUT2D eigenvalue weighted by Gasteiger charge is 2.02. The van der Waals surface area contributed by atoms with E-state index in [1.807, 2.05) is 30.3 Å². The van der Waals surface area contributed by atoms with Gasteiger partial charge in [0.2, 0.25) is 0 Å². The van der Waals surface area contributed by atoms with Gasteiger partial charge in [0.1, 0.15) is 11.0 Å². The third-order valence-electron chi connectivity index (χ3n) is 1.58. The molecule has 1 N–H and O–H groups in total. The van der Waals surface area contributed by atoms with Crippen molar-refractivity contribution in [1.29, 1.82) is 0 Å². The summed E-state index contributed by atoms with van der Waals surface area (Å²) in [6, 6.07) is 9.44. The Labute approximate surface area is 82.0 Å². The zero-order valence-corrected chi connectivity index (χ0v) is 8.80. The van der Waals surface area contributed by atoms with Crippen molar-refractivity contribution in [1.82, 2.24) is 4.72 Å². The largest absolute Gasteiger partial charge is 0.238 e. The topological polar surface area (TPSA) is 29.1 Å². The van der Waals surface area contributed by atoms with Crippen molar-refractivity contribution in [2.75, 3.05) is 6.54 Å². The van der Waals surface area contributed by atoms with Crippen LogP contribution in [0.25, 0.3) is 0 Å². The van der Waals surface area contributed by atoms with Crippen molar-refractivity contribution >= 4 is 11.0 Å². The number of benzene rings is 1. The van der Waals surface area contributed by atoms with Gasteiger partial charge >= 0.3 is 0 Å². The van der Waals surface area contributed by atoms with Crippen LogP contribution < -0.4 is 4.72 Å². The van der Waals surface area contributed by atoms with Gasteiger partial charge in [-0.25, -0.2) is 8.93 Å². The fourth-order valence-corrected chi connectivity index (χ4v) is 1.93. The first-order chi connectivity index (χ1) is 6.20. The lowest BCUT2D eigenvalue weighted by Gasteiger charge is -2.06. The van der Waals surface area contributed by atoms with E-state index in [9.17, 15) is 4.21 Å². The molecule has 1 unspecified atom stereocenters. The minimum Gasteiger partial charge on any atom is -0.238 e. The minimum atomic E-state index is -1.05. The Kier molecular flexibility index (Phi) is 4.12. The van der Waals surface area contributed by atoms with E-state index in [4.69, 9.17) is 0 Å². The van der Waals surface area contributed by atoms with Crippen LogP contribution in [0.1, 0.15) is 13.8 Å². The van der Waals surface area contributed by atoms with Crippen LogP contribution in [0, 0.1) is 5.92 Å². The van der Waals surface area contributed by atoms with E-state index in [1.165, 1.54) is 0 Å². The summed E-state index contributed by atoms with van der Waals surface area (Å²) in [6.07, 6.45) is 0. The van der Waals surface area contributed by atoms with Crippen molar-refractivity contribution in [3.63, 3.8) is 0 Å². The predicted molar refractivity (Wildman–Crippen MR) is 55.7 cm³/mol. The van der Waals surface area contributed by atoms with E-state index >= 15 is 0 Å². The maximum Gasteiger partial charge on any atom is 0.124 e. The van der Waals surface area contributed by atoms with E-state index in [-0.39, 0.29) is 0 Å². The Balaban J connectivity index is 2.50. The standard InChI is InChI=1S/C10H15NOS/c1-9(2)8-11-13(12)10-6-4-3-5-7-10/h3-7,9,11H,8H2,1-2H3. The predicted octanol–water partition coefficient (Wildman–Crippen LogP) is 1.95. The summed E-state index contributed by atoms with van der Waals surface area (Å²) in [5.41, 5.74) is 0. The lowest BCUT2D eigenvalue weighted by Crippen LogP contribution is -2.22. The first-order valence-electron chi connectivity index (χ1n) is 4.40. The highest BCUT2D eigenvalue weighted by Crippen LogP contribution is 2.03. The average Bonchev–Trinajstić information content (AvgIpc) is 2.15. The van der Waals surface area contributed by atoms with Crippen molar-refractivity contribution in [2.45, 2.75) is 18.7 Å². The molecule has 72 valence electrons. The van der Waals surface area contributed by atoms with Crippen molar-refractivity contribution < 1.29 is 4.21 Å². The maximum atomic E-state index is 11.5. The second-order valence-electron chi connectivity index (χ2n) is 3.32. The quantitative estimate of drug-likeness (QED) is 0.785. The molecule has 0 heterocycles. The lowest BCUT2D eigenvalue weighted by molar-refractivity contribution is 0.616. The van der Waals surface area contributed by atoms with Crippen LogP contribution in [0.15, 0.2) is 35.2 Å². The van der Waals surface area contributed by atoms with Gasteiger partial charge in [0, 0.05) is 6.54 Å². The Morgan fingerprint density at radius 2 is 1.92 bits per heavy atom. The number of hydrogen-bond acceptors (Lipinski definition) is 1. The van der Waals surface area contributed by atoms with Gasteiger partial charge in [-0.15, -0.1) is 0 Å². The molecular weight excluding hydrogens is 182 g/mol. The SMILES string of the molecule is CC(C)CNS(=O)c1ccccc1. The Morgan fingerprint density at radius 3 is 2.46 bits per heavy atom. The first-order valence-corrected chi connectivity index (χ1v) is 5.55. The number of hydrogen-bond donors (Lipinski definition) is 1. The molecule has 1 rings (SSSR count). The smallest absolute Gasteiger partial charge is 0.124 e. The monoisotopic (exact) mass is 197 g/mol. The summed E-state index contributed by atoms with van der Waals surface area (Å²) in [7, 11) is -1.05. The molecule has 1 aromatic carbocycles. The number of nitrogens with one attached hydrogen (secondary N) is 1. The summed E-state index contributed by atoms with van der Waals surface area (Å²) in [4.78, 5) is 0.836. The van der Waals surface area contributed by atoms with Crippen LogP contribution in [0.3, 0.4) is 0 Å². The van der Waals surface area contributed by atoms with Gasteiger partial charge in [0.05, 0.1) is 4.90 Å². The average molecular weight is 197 g/mol. The van der Waals surface area contributed by atoms with E-state index in [1.54, 1.807) is 0 Å². The van der Waals surface area contributed by atoms with Crippen LogP contribution in [-0.2, 0) is 11.0 Å². The van der Waals surface area contributed by atoms with Gasteiger partial charge in [-0.1, -0.05) is 32.0 Å². The summed E-state index contributed by atoms with van der Waals surface area (Å²) in [5.74, 6) is 0.521. The third kappa shape index (κ3) is 3.70. The van der Waals surface area contributed by atoms with Crippen LogP contribution in [0.5, 0.6) is 0 Å². The van der Waals surface area contributed by atoms with Gasteiger partial charge in [-0.2, -0.15) is 0 Å². The van der Waals surface area contributed by atoms with Crippen LogP contribution >= 0.6 is 0 Å². The molecule has 0 fully saturated rings. The van der Waals surface area contributed by atoms with Gasteiger partial charge in [-0.05, 0) is 18.1 Å². The molecule has 13 heavy (non-hydrogen) atoms. The molecule has 0 saturated carbocycles. The molecule has 2 nitrogen and oxygen atoms in total. The molecule has 0 saturated heterocycles. The maximum absolute atomic E-state index is 11.5. The summed E-state index contributed by atoms with van der Waals surface area (Å²) >= 11 is 0. The molecule has 0 aliphatic heterocycles. The second kappa shape index (κ2) is 5.14. The van der Waals surface area contributed by atoms with Crippen LogP contribution in [0.2, 0.25) is 0 Å². The molecule has 0 aromatic heterocycles. The van der Waals surface area contributed by atoms with E-state index in [0.29, 0.717) is 5.92 Å². The fraction of sp³-hybridized carbons (Fsp3) is 0.400. The number of rotatable bonds is 4. The Morgan fingerprint density at radius 1 is 1.31 bits per heavy atom. The first kappa shape index (κ1) is 10.4. The molecular formula is C10H15NOS. The lowest BCUT2D eigenvalue weighted by atomic mass is 10.2. The van der Waals surface area contributed by atoms with Crippen LogP contribution in [0.4, 0.5) is 0 Å². The zero-order valence-electron chi connectivity index (χ0n) is 7.99. The molecule has 1 aromatic rings. The summed E-state index contributed by atoms with van der Waals surface area (Å²) < 4.78 is 14.5. The second-order valence-corrected chi connectivity index (χ2v) is 4.62. The van der Waals surface area contributed by atoms with Gasteiger partial charge in [0.15, 0.2) is 0 Å². The molecule has 0 radical (unpaired) electrons. The highest BCUT2D eigenvalue weighted by atomic mass is 32.2. The van der Waals surface area contributed by atoms with Crippen molar-refractivity contribution in [3.05, 3.63) is 30.3 Å². The Bertz CT molecular complexity index is 272. The molecule has 0 aliphatic carbocycles. The van der Waals surface area contributed by atoms with Crippen LogP contribution in [-0.4, -0.2) is 10.8 Å². The fourth-order valence-electron chi connectivity index (χ4n) is 0.870. The van der Waals surface area contributed by atoms with Crippen molar-refractivity contribution in [2.24, 2.45) is 5.92 Å².